The van der Waals surface area contributed by atoms with Crippen molar-refractivity contribution >= 4 is 58.8 Å². The minimum atomic E-state index is -0.846. The molecule has 540 valence electrons. The smallest absolute Gasteiger partial charge is 0.257 e. The van der Waals surface area contributed by atoms with Crippen LogP contribution in [-0.2, 0) is 36.3 Å². The molecule has 3 unspecified atom stereocenters. The summed E-state index contributed by atoms with van der Waals surface area (Å²) in [6.45, 7) is 6.23. The summed E-state index contributed by atoms with van der Waals surface area (Å²) in [5.41, 5.74) is 32.2. The average Bonchev–Trinajstić information content (AvgIpc) is 1.76. The van der Waals surface area contributed by atoms with Gasteiger partial charge in [-0.05, 0) is 165 Å². The standard InChI is InChI=1S/C30H41N5O.C18H21N3O3.C17H18ClN3O.C16H16ClN3O/c1-35-28(36)30(34-29(35)31,18-17-22-9-4-2-5-10-22)20-23-11-8-14-26(19-23)33-27-16-15-25(21-32-27)24-12-6-3-7-13-24;1-18(20-17(19)21(2)24-18)13-7-5-6-12(10-13)15-11-14(22-3)8-9-16(15)23-4;1-17(11-22-21(2)16(19)20-17)14-7-3-5-12(9-14)13-6-4-8-15(18)10-13;1-16(19-15(18)20(2)21-16)12-7-5-6-11(10-12)13-8-3-4-9-14(13)17/h3,6-7,12-13,15-16,21-23,26H,2,4-5,8-11,14,17-20H2,1H3,(H2,31,34)(H,32,33);5-11H,1-4H3,(H2,19,20);3-10H,11H2,1-2H3,(H2,19,20);3-10H,1-2H3,(H2,18,19)/t23-,26+,30+;;;/m0.../s1. The van der Waals surface area contributed by atoms with Crippen LogP contribution in [0.25, 0.3) is 44.5 Å². The normalized spacial score (nSPS) is 23.2. The highest BCUT2D eigenvalue weighted by Gasteiger charge is 2.48. The van der Waals surface area contributed by atoms with Gasteiger partial charge in [0.15, 0.2) is 5.96 Å². The summed E-state index contributed by atoms with van der Waals surface area (Å²) in [5, 5.41) is 9.54. The molecule has 103 heavy (non-hydrogen) atoms. The fourth-order valence-electron chi connectivity index (χ4n) is 14.3. The van der Waals surface area contributed by atoms with Gasteiger partial charge in [-0.25, -0.2) is 49.8 Å². The molecule has 9 N–H and O–H groups in total. The van der Waals surface area contributed by atoms with Crippen LogP contribution in [0.2, 0.25) is 10.0 Å². The first-order valence-electron chi connectivity index (χ1n) is 35.2. The summed E-state index contributed by atoms with van der Waals surface area (Å²) < 4.78 is 10.8. The van der Waals surface area contributed by atoms with E-state index in [-0.39, 0.29) is 5.91 Å². The highest BCUT2D eigenvalue weighted by Crippen LogP contribution is 2.43. The summed E-state index contributed by atoms with van der Waals surface area (Å²) in [7, 11) is 10.3. The monoisotopic (exact) mass is 1430 g/mol. The maximum atomic E-state index is 13.4. The lowest BCUT2D eigenvalue weighted by atomic mass is 9.74. The first-order chi connectivity index (χ1) is 49.5. The number of benzene rings is 7. The van der Waals surface area contributed by atoms with Crippen molar-refractivity contribution in [2.24, 2.45) is 54.7 Å². The number of carbonyl (C=O) groups excluding carboxylic acids is 1. The Morgan fingerprint density at radius 1 is 0.534 bits per heavy atom. The Labute approximate surface area is 615 Å². The van der Waals surface area contributed by atoms with E-state index in [4.69, 9.17) is 80.1 Å². The molecule has 0 saturated heterocycles. The van der Waals surface area contributed by atoms with Gasteiger partial charge in [0.1, 0.15) is 35.0 Å². The van der Waals surface area contributed by atoms with Crippen LogP contribution in [0.5, 0.6) is 11.5 Å². The fraction of sp³-hybridized carbons (Fsp3) is 0.358. The van der Waals surface area contributed by atoms with Crippen molar-refractivity contribution in [2.75, 3.05) is 54.3 Å². The van der Waals surface area contributed by atoms with Gasteiger partial charge in [-0.1, -0.05) is 183 Å². The number of hydrogen-bond donors (Lipinski definition) is 5. The summed E-state index contributed by atoms with van der Waals surface area (Å²) in [6, 6.07) is 60.3. The number of carbonyl (C=O) groups is 1. The first kappa shape index (κ1) is 74.5. The van der Waals surface area contributed by atoms with E-state index in [0.29, 0.717) is 47.4 Å². The number of nitrogens with zero attached hydrogens (tertiary/aromatic N) is 9. The largest absolute Gasteiger partial charge is 0.497 e. The third kappa shape index (κ3) is 17.9. The van der Waals surface area contributed by atoms with Crippen molar-refractivity contribution < 1.29 is 28.8 Å². The van der Waals surface area contributed by atoms with Crippen LogP contribution < -0.4 is 37.7 Å². The predicted octanol–water partition coefficient (Wildman–Crippen LogP) is 15.5. The number of rotatable bonds is 16. The van der Waals surface area contributed by atoms with Crippen molar-refractivity contribution in [2.45, 2.75) is 126 Å². The molecule has 7 aromatic carbocycles. The van der Waals surface area contributed by atoms with Crippen LogP contribution >= 0.6 is 23.2 Å². The van der Waals surface area contributed by atoms with Gasteiger partial charge in [-0.15, -0.1) is 0 Å². The minimum absolute atomic E-state index is 0.101. The number of aromatic nitrogens is 1. The van der Waals surface area contributed by atoms with Gasteiger partial charge in [-0.2, -0.15) is 0 Å². The van der Waals surface area contributed by atoms with Gasteiger partial charge < -0.3 is 37.7 Å². The summed E-state index contributed by atoms with van der Waals surface area (Å²) in [5.74, 6) is 5.22. The zero-order chi connectivity index (χ0) is 73.1. The number of methoxy groups -OCH3 is 2. The van der Waals surface area contributed by atoms with Crippen LogP contribution in [0.4, 0.5) is 5.82 Å². The van der Waals surface area contributed by atoms with Gasteiger partial charge in [0.25, 0.3) is 5.91 Å². The molecular weight excluding hydrogens is 1340 g/mol. The number of likely N-dealkylation sites (N-methyl/N-ethyl adjacent to an activating group) is 1. The number of amides is 1. The van der Waals surface area contributed by atoms with Crippen LogP contribution in [0.15, 0.2) is 208 Å². The van der Waals surface area contributed by atoms with Crippen molar-refractivity contribution in [3.05, 3.63) is 215 Å². The quantitative estimate of drug-likeness (QED) is 0.0603. The van der Waals surface area contributed by atoms with Crippen LogP contribution in [0, 0.1) is 11.8 Å². The number of aliphatic imine (C=N–C) groups is 4. The van der Waals surface area contributed by atoms with E-state index in [1.165, 1.54) is 52.9 Å². The molecule has 1 aromatic heterocycles. The van der Waals surface area contributed by atoms with Crippen LogP contribution in [-0.4, -0.2) is 115 Å². The summed E-state index contributed by atoms with van der Waals surface area (Å²) >= 11 is 12.3. The number of anilines is 1. The van der Waals surface area contributed by atoms with Crippen molar-refractivity contribution in [1.82, 2.24) is 25.1 Å². The second-order valence-corrected chi connectivity index (χ2v) is 28.5. The molecule has 5 heterocycles. The molecule has 1 amide bonds. The average molecular weight is 1430 g/mol. The van der Waals surface area contributed by atoms with Gasteiger partial charge in [0.2, 0.25) is 29.3 Å². The maximum absolute atomic E-state index is 13.4. The number of halogens is 2. The maximum Gasteiger partial charge on any atom is 0.257 e. The number of nitrogens with two attached hydrogens (primary N) is 4. The van der Waals surface area contributed by atoms with Crippen LogP contribution in [0.1, 0.15) is 115 Å². The Hall–Kier alpha value is -9.70. The molecule has 0 spiro atoms. The SMILES string of the molecule is CN1C(=O)[C@@](CCC2CCCCC2)(C[C@H]2CCC[C@@H](Nc3ccc(-c4ccccc4)cn3)C2)N=C1N.CN1OC(C)(c2cccc(-c3ccccc3Cl)c2)N=C1N.CN1OCC(C)(c2cccc(-c3cccc(Cl)c3)c2)N=C1N.COc1ccc(OC)c(-c2cccc(C3(C)N=C(N)N(C)O3)c2)c1. The van der Waals surface area contributed by atoms with E-state index in [1.807, 2.05) is 160 Å². The first-order valence-corrected chi connectivity index (χ1v) is 36.0. The lowest BCUT2D eigenvalue weighted by molar-refractivity contribution is -0.163. The number of pyridine rings is 1. The predicted molar refractivity (Wildman–Crippen MR) is 414 cm³/mol. The van der Waals surface area contributed by atoms with Gasteiger partial charge in [0, 0.05) is 78.3 Å². The number of ether oxygens (including phenoxy) is 2. The van der Waals surface area contributed by atoms with Crippen molar-refractivity contribution in [3.63, 3.8) is 0 Å². The van der Waals surface area contributed by atoms with E-state index in [2.05, 4.69) is 68.8 Å². The van der Waals surface area contributed by atoms with Gasteiger partial charge in [0.05, 0.1) is 14.2 Å². The Bertz CT molecular complexity index is 4390. The second-order valence-electron chi connectivity index (χ2n) is 27.7. The zero-order valence-corrected chi connectivity index (χ0v) is 61.9. The molecule has 0 bridgehead atoms. The Morgan fingerprint density at radius 3 is 1.70 bits per heavy atom. The molecule has 0 radical (unpaired) electrons. The molecule has 2 saturated carbocycles. The number of hydrogen-bond acceptors (Lipinski definition) is 19. The minimum Gasteiger partial charge on any atom is -0.497 e. The van der Waals surface area contributed by atoms with E-state index in [1.54, 1.807) is 47.3 Å². The summed E-state index contributed by atoms with van der Waals surface area (Å²) in [6.07, 6.45) is 15.8. The van der Waals surface area contributed by atoms with Gasteiger partial charge >= 0.3 is 0 Å². The molecule has 2 aliphatic carbocycles. The van der Waals surface area contributed by atoms with Crippen LogP contribution in [0.3, 0.4) is 0 Å². The Morgan fingerprint density at radius 2 is 1.12 bits per heavy atom. The second kappa shape index (κ2) is 32.7. The molecule has 8 aromatic rings. The van der Waals surface area contributed by atoms with E-state index in [0.717, 1.165) is 129 Å². The van der Waals surface area contributed by atoms with E-state index < -0.39 is 22.5 Å². The topological polar surface area (TPSA) is 255 Å². The Balaban J connectivity index is 0.000000142. The third-order valence-electron chi connectivity index (χ3n) is 20.2. The molecule has 6 atom stereocenters. The molecule has 22 heteroatoms. The lowest BCUT2D eigenvalue weighted by Crippen LogP contribution is -2.45. The molecule has 4 aliphatic heterocycles. The van der Waals surface area contributed by atoms with E-state index >= 15 is 0 Å². The molecule has 2 fully saturated rings. The Kier molecular flexibility index (Phi) is 23.7. The third-order valence-corrected chi connectivity index (χ3v) is 20.8. The zero-order valence-electron chi connectivity index (χ0n) is 60.4. The van der Waals surface area contributed by atoms with E-state index in [9.17, 15) is 4.79 Å². The number of hydroxylamine groups is 6. The molecular formula is C81H96Cl2N14O6. The van der Waals surface area contributed by atoms with Gasteiger partial charge in [-0.3, -0.25) is 14.5 Å². The van der Waals surface area contributed by atoms with Crippen molar-refractivity contribution in [1.29, 1.82) is 0 Å². The lowest BCUT2D eigenvalue weighted by Gasteiger charge is -2.35. The van der Waals surface area contributed by atoms with Crippen molar-refractivity contribution in [3.8, 4) is 56.0 Å². The highest BCUT2D eigenvalue weighted by molar-refractivity contribution is 6.33. The highest BCUT2D eigenvalue weighted by atomic mass is 35.5. The number of guanidine groups is 4. The molecule has 14 rings (SSSR count). The fourth-order valence-corrected chi connectivity index (χ4v) is 14.7. The summed E-state index contributed by atoms with van der Waals surface area (Å²) in [4.78, 5) is 55.0. The molecule has 6 aliphatic rings. The molecule has 20 nitrogen and oxygen atoms in total. The number of nitrogens with one attached hydrogen (secondary N) is 1.